The number of hydrogen-bond donors (Lipinski definition) is 0. The molecule has 3 aliphatic heterocycles. The predicted molar refractivity (Wildman–Crippen MR) is 71.2 cm³/mol. The monoisotopic (exact) mass is 282 g/mol. The first kappa shape index (κ1) is 13.7. The number of fused-ring (bicyclic) bond motifs is 2. The summed E-state index contributed by atoms with van der Waals surface area (Å²) in [6.07, 6.45) is 1.38. The van der Waals surface area contributed by atoms with Gasteiger partial charge in [0.2, 0.25) is 5.91 Å². The first-order chi connectivity index (χ1) is 9.37. The van der Waals surface area contributed by atoms with Gasteiger partial charge < -0.3 is 14.4 Å². The number of hydrogen-bond acceptors (Lipinski definition) is 4. The summed E-state index contributed by atoms with van der Waals surface area (Å²) in [5.41, 5.74) is -0.526. The molecule has 20 heavy (non-hydrogen) atoms. The summed E-state index contributed by atoms with van der Waals surface area (Å²) in [6.45, 7) is 7.35. The van der Waals surface area contributed by atoms with Gasteiger partial charge in [-0.05, 0) is 33.6 Å². The van der Waals surface area contributed by atoms with Crippen LogP contribution in [0.5, 0.6) is 0 Å². The maximum Gasteiger partial charge on any atom is 0.410 e. The van der Waals surface area contributed by atoms with Crippen molar-refractivity contribution >= 4 is 12.0 Å². The third-order valence-corrected chi connectivity index (χ3v) is 4.14. The van der Waals surface area contributed by atoms with Gasteiger partial charge in [-0.3, -0.25) is 9.69 Å². The Balaban J connectivity index is 1.60. The van der Waals surface area contributed by atoms with Gasteiger partial charge in [0.1, 0.15) is 11.6 Å². The van der Waals surface area contributed by atoms with Crippen LogP contribution in [-0.2, 0) is 14.3 Å². The predicted octanol–water partition coefficient (Wildman–Crippen LogP) is 0.995. The Morgan fingerprint density at radius 3 is 2.30 bits per heavy atom. The van der Waals surface area contributed by atoms with Gasteiger partial charge in [0.15, 0.2) is 0 Å². The highest BCUT2D eigenvalue weighted by Crippen LogP contribution is 2.34. The molecule has 0 radical (unpaired) electrons. The molecule has 6 nitrogen and oxygen atoms in total. The molecule has 3 atom stereocenters. The number of morpholine rings is 1. The van der Waals surface area contributed by atoms with Crippen molar-refractivity contribution in [1.29, 1.82) is 0 Å². The summed E-state index contributed by atoms with van der Waals surface area (Å²) in [5.74, 6) is 0.0617. The average Bonchev–Trinajstić information content (AvgIpc) is 2.25. The van der Waals surface area contributed by atoms with Crippen molar-refractivity contribution in [3.8, 4) is 0 Å². The second-order valence-corrected chi connectivity index (χ2v) is 6.80. The van der Waals surface area contributed by atoms with Gasteiger partial charge in [0.05, 0.1) is 25.3 Å². The molecule has 112 valence electrons. The van der Waals surface area contributed by atoms with E-state index < -0.39 is 5.60 Å². The smallest absolute Gasteiger partial charge is 0.410 e. The van der Waals surface area contributed by atoms with Gasteiger partial charge in [-0.2, -0.15) is 0 Å². The van der Waals surface area contributed by atoms with Crippen LogP contribution in [0.4, 0.5) is 4.79 Å². The molecule has 2 amide bonds. The molecule has 3 saturated heterocycles. The molecule has 3 aliphatic rings. The lowest BCUT2D eigenvalue weighted by atomic mass is 9.88. The van der Waals surface area contributed by atoms with E-state index in [1.807, 2.05) is 25.7 Å². The Morgan fingerprint density at radius 2 is 1.85 bits per heavy atom. The lowest BCUT2D eigenvalue weighted by Crippen LogP contribution is -2.71. The molecule has 0 spiro atoms. The number of likely N-dealkylation sites (tertiary alicyclic amines) is 1. The number of rotatable bonds is 1. The highest BCUT2D eigenvalue weighted by Gasteiger charge is 2.50. The van der Waals surface area contributed by atoms with E-state index in [9.17, 15) is 9.59 Å². The topological polar surface area (TPSA) is 59.1 Å². The molecule has 3 heterocycles. The first-order valence-electron chi connectivity index (χ1n) is 7.26. The second-order valence-electron chi connectivity index (χ2n) is 6.80. The van der Waals surface area contributed by atoms with Crippen LogP contribution in [0, 0.1) is 0 Å². The fourth-order valence-corrected chi connectivity index (χ4v) is 3.05. The minimum Gasteiger partial charge on any atom is -0.444 e. The van der Waals surface area contributed by atoms with E-state index in [1.54, 1.807) is 4.90 Å². The van der Waals surface area contributed by atoms with Crippen LogP contribution >= 0.6 is 0 Å². The lowest BCUT2D eigenvalue weighted by molar-refractivity contribution is -0.176. The second kappa shape index (κ2) is 4.62. The van der Waals surface area contributed by atoms with Crippen molar-refractivity contribution < 1.29 is 19.1 Å². The molecular weight excluding hydrogens is 260 g/mol. The van der Waals surface area contributed by atoms with E-state index in [1.165, 1.54) is 0 Å². The molecular formula is C14H22N2O4. The Bertz CT molecular complexity index is 417. The highest BCUT2D eigenvalue weighted by atomic mass is 16.6. The van der Waals surface area contributed by atoms with Gasteiger partial charge in [-0.25, -0.2) is 4.79 Å². The first-order valence-corrected chi connectivity index (χ1v) is 7.26. The molecule has 0 aromatic rings. The quantitative estimate of drug-likeness (QED) is 0.720. The van der Waals surface area contributed by atoms with Crippen molar-refractivity contribution in [3.05, 3.63) is 0 Å². The molecule has 0 N–H and O–H groups in total. The molecule has 0 aliphatic carbocycles. The summed E-state index contributed by atoms with van der Waals surface area (Å²) >= 11 is 0. The number of carbonyl (C=O) groups is 2. The fraction of sp³-hybridized carbons (Fsp3) is 0.857. The van der Waals surface area contributed by atoms with Crippen molar-refractivity contribution in [1.82, 2.24) is 9.80 Å². The fourth-order valence-electron chi connectivity index (χ4n) is 3.05. The van der Waals surface area contributed by atoms with E-state index in [4.69, 9.17) is 9.47 Å². The maximum atomic E-state index is 12.5. The van der Waals surface area contributed by atoms with Crippen LogP contribution in [0.15, 0.2) is 0 Å². The van der Waals surface area contributed by atoms with E-state index in [0.717, 1.165) is 12.8 Å². The van der Waals surface area contributed by atoms with Gasteiger partial charge in [-0.15, -0.1) is 0 Å². The Hall–Kier alpha value is -1.30. The van der Waals surface area contributed by atoms with E-state index in [0.29, 0.717) is 19.8 Å². The van der Waals surface area contributed by atoms with E-state index in [-0.39, 0.29) is 30.1 Å². The van der Waals surface area contributed by atoms with Gasteiger partial charge >= 0.3 is 6.09 Å². The van der Waals surface area contributed by atoms with Gasteiger partial charge in [0, 0.05) is 6.54 Å². The van der Waals surface area contributed by atoms with Crippen molar-refractivity contribution in [2.45, 2.75) is 57.3 Å². The summed E-state index contributed by atoms with van der Waals surface area (Å²) < 4.78 is 10.7. The van der Waals surface area contributed by atoms with E-state index in [2.05, 4.69) is 0 Å². The van der Waals surface area contributed by atoms with Crippen LogP contribution in [0.25, 0.3) is 0 Å². The Kier molecular flexibility index (Phi) is 3.16. The van der Waals surface area contributed by atoms with Crippen molar-refractivity contribution in [3.63, 3.8) is 0 Å². The van der Waals surface area contributed by atoms with Gasteiger partial charge in [0.25, 0.3) is 0 Å². The Labute approximate surface area is 119 Å². The summed E-state index contributed by atoms with van der Waals surface area (Å²) in [4.78, 5) is 28.0. The molecule has 0 unspecified atom stereocenters. The lowest BCUT2D eigenvalue weighted by Gasteiger charge is -2.55. The minimum absolute atomic E-state index is 0.0617. The number of amides is 2. The average molecular weight is 282 g/mol. The number of nitrogens with zero attached hydrogens (tertiary/aromatic N) is 2. The standard InChI is InChI=1S/C14H22N2O4/c1-14(2,3)20-13(18)15-5-4-11(15)12(17)16-9-6-10(16)8-19-7-9/h9-11H,4-8H2,1-3H3/t9-,10-,11-/m1/s1. The zero-order valence-corrected chi connectivity index (χ0v) is 12.3. The normalized spacial score (nSPS) is 32.2. The highest BCUT2D eigenvalue weighted by molar-refractivity contribution is 5.88. The molecule has 0 aromatic carbocycles. The summed E-state index contributed by atoms with van der Waals surface area (Å²) in [7, 11) is 0. The molecule has 0 saturated carbocycles. The Morgan fingerprint density at radius 1 is 1.20 bits per heavy atom. The van der Waals surface area contributed by atoms with E-state index >= 15 is 0 Å². The largest absolute Gasteiger partial charge is 0.444 e. The van der Waals surface area contributed by atoms with Crippen LogP contribution in [0.1, 0.15) is 33.6 Å². The molecule has 3 rings (SSSR count). The molecule has 0 aromatic heterocycles. The molecule has 2 bridgehead atoms. The molecule has 6 heteroatoms. The van der Waals surface area contributed by atoms with Crippen molar-refractivity contribution in [2.75, 3.05) is 19.8 Å². The third-order valence-electron chi connectivity index (χ3n) is 4.14. The SMILES string of the molecule is CC(C)(C)OC(=O)N1CC[C@@H]1C(=O)N1[C@H]2COC[C@H]1C2. The summed E-state index contributed by atoms with van der Waals surface area (Å²) in [6, 6.07) is 0.0814. The summed E-state index contributed by atoms with van der Waals surface area (Å²) in [5, 5.41) is 0. The molecule has 3 fully saturated rings. The third kappa shape index (κ3) is 2.26. The van der Waals surface area contributed by atoms with Crippen LogP contribution in [-0.4, -0.2) is 65.3 Å². The number of carbonyl (C=O) groups excluding carboxylic acids is 2. The van der Waals surface area contributed by atoms with Crippen molar-refractivity contribution in [2.24, 2.45) is 0 Å². The van der Waals surface area contributed by atoms with Crippen LogP contribution in [0.2, 0.25) is 0 Å². The zero-order valence-electron chi connectivity index (χ0n) is 12.3. The van der Waals surface area contributed by atoms with Gasteiger partial charge in [-0.1, -0.05) is 0 Å². The van der Waals surface area contributed by atoms with Crippen LogP contribution < -0.4 is 0 Å². The number of ether oxygens (including phenoxy) is 2. The van der Waals surface area contributed by atoms with Crippen LogP contribution in [0.3, 0.4) is 0 Å². The maximum absolute atomic E-state index is 12.5. The minimum atomic E-state index is -0.526. The zero-order chi connectivity index (χ0) is 14.5.